The van der Waals surface area contributed by atoms with E-state index in [-0.39, 0.29) is 24.0 Å². The van der Waals surface area contributed by atoms with E-state index in [9.17, 15) is 0 Å². The Kier molecular flexibility index (Phi) is 14.7. The number of hydrogen-bond donors (Lipinski definition) is 0. The Bertz CT molecular complexity index is 72.2. The maximum absolute atomic E-state index is 5.20. The lowest BCUT2D eigenvalue weighted by Gasteiger charge is -2.25. The highest BCUT2D eigenvalue weighted by Gasteiger charge is 2.07. The number of morpholine rings is 1. The molecule has 0 unspecified atom stereocenters. The molecule has 1 fully saturated rings. The molecule has 0 aliphatic carbocycles. The largest absolute Gasteiger partial charge is 0.379 e. The Hall–Kier alpha value is 0.650. The molecule has 0 amide bonds. The van der Waals surface area contributed by atoms with Gasteiger partial charge >= 0.3 is 0 Å². The maximum atomic E-state index is 5.20. The number of nitrogens with zero attached hydrogens (tertiary/aromatic N) is 1. The van der Waals surface area contributed by atoms with Gasteiger partial charge in [0.2, 0.25) is 0 Å². The molecule has 76 valence electrons. The van der Waals surface area contributed by atoms with Crippen LogP contribution in [0.1, 0.15) is 27.2 Å². The van der Waals surface area contributed by atoms with Crippen LogP contribution in [0.25, 0.3) is 0 Å². The summed E-state index contributed by atoms with van der Waals surface area (Å²) in [6.07, 6.45) is 1.26. The lowest BCUT2D eigenvalue weighted by atomic mass is 10.4. The minimum Gasteiger partial charge on any atom is -0.379 e. The zero-order valence-corrected chi connectivity index (χ0v) is 10.8. The third-order valence-electron chi connectivity index (χ3n) is 1.64. The monoisotopic (exact) mass is 287 g/mol. The lowest BCUT2D eigenvalue weighted by Crippen LogP contribution is -2.36. The van der Waals surface area contributed by atoms with Gasteiger partial charge in [-0.25, -0.2) is 0 Å². The van der Waals surface area contributed by atoms with Gasteiger partial charge in [-0.05, 0) is 13.0 Å². The van der Waals surface area contributed by atoms with Crippen LogP contribution in [0.4, 0.5) is 0 Å². The van der Waals surface area contributed by atoms with E-state index in [4.69, 9.17) is 4.74 Å². The normalized spacial score (nSPS) is 17.2. The van der Waals surface area contributed by atoms with Crippen molar-refractivity contribution in [3.8, 4) is 0 Å². The molecule has 0 aromatic rings. The molecule has 2 nitrogen and oxygen atoms in total. The molecule has 0 N–H and O–H groups in total. The molecule has 1 heterocycles. The highest BCUT2D eigenvalue weighted by molar-refractivity contribution is 14.0. The molecule has 0 saturated carbocycles. The topological polar surface area (TPSA) is 12.5 Å². The second-order valence-corrected chi connectivity index (χ2v) is 2.45. The van der Waals surface area contributed by atoms with Crippen LogP contribution in [0.15, 0.2) is 0 Å². The fourth-order valence-corrected chi connectivity index (χ4v) is 1.14. The molecule has 0 aromatic heterocycles. The Labute approximate surface area is 93.7 Å². The van der Waals surface area contributed by atoms with E-state index in [0.29, 0.717) is 0 Å². The summed E-state index contributed by atoms with van der Waals surface area (Å²) < 4.78 is 5.20. The van der Waals surface area contributed by atoms with Gasteiger partial charge in [-0.2, -0.15) is 0 Å². The van der Waals surface area contributed by atoms with Gasteiger partial charge in [0.15, 0.2) is 0 Å². The number of halogens is 1. The first-order chi connectivity index (χ1) is 5.43. The van der Waals surface area contributed by atoms with E-state index in [0.717, 1.165) is 26.3 Å². The number of rotatable bonds is 2. The van der Waals surface area contributed by atoms with E-state index < -0.39 is 0 Å². The Morgan fingerprint density at radius 2 is 1.67 bits per heavy atom. The van der Waals surface area contributed by atoms with E-state index in [2.05, 4.69) is 11.8 Å². The third kappa shape index (κ3) is 7.31. The van der Waals surface area contributed by atoms with E-state index in [1.807, 2.05) is 13.8 Å². The molecule has 0 spiro atoms. The predicted octanol–water partition coefficient (Wildman–Crippen LogP) is 2.37. The van der Waals surface area contributed by atoms with Crippen molar-refractivity contribution in [3.63, 3.8) is 0 Å². The van der Waals surface area contributed by atoms with Crippen molar-refractivity contribution < 1.29 is 4.74 Å². The van der Waals surface area contributed by atoms with Crippen molar-refractivity contribution in [3.05, 3.63) is 0 Å². The van der Waals surface area contributed by atoms with E-state index in [1.165, 1.54) is 13.0 Å². The molecule has 1 aliphatic heterocycles. The van der Waals surface area contributed by atoms with Crippen molar-refractivity contribution in [1.82, 2.24) is 4.90 Å². The summed E-state index contributed by atoms with van der Waals surface area (Å²) in [4.78, 5) is 2.45. The average molecular weight is 287 g/mol. The van der Waals surface area contributed by atoms with Crippen LogP contribution in [0.5, 0.6) is 0 Å². The Morgan fingerprint density at radius 3 is 2.08 bits per heavy atom. The maximum Gasteiger partial charge on any atom is 0.0594 e. The SMILES string of the molecule is CC.CCCN1CCOCC1.I. The van der Waals surface area contributed by atoms with Crippen LogP contribution in [0, 0.1) is 0 Å². The van der Waals surface area contributed by atoms with Crippen molar-refractivity contribution in [1.29, 1.82) is 0 Å². The predicted molar refractivity (Wildman–Crippen MR) is 64.3 cm³/mol. The molecule has 1 aliphatic rings. The summed E-state index contributed by atoms with van der Waals surface area (Å²) >= 11 is 0. The minimum absolute atomic E-state index is 0. The van der Waals surface area contributed by atoms with Crippen LogP contribution >= 0.6 is 24.0 Å². The van der Waals surface area contributed by atoms with Crippen molar-refractivity contribution in [2.45, 2.75) is 27.2 Å². The standard InChI is InChI=1S/C7H15NO.C2H6.HI/c1-2-3-8-4-6-9-7-5-8;1-2;/h2-7H2,1H3;1-2H3;1H. The summed E-state index contributed by atoms with van der Waals surface area (Å²) in [5.41, 5.74) is 0. The quantitative estimate of drug-likeness (QED) is 0.723. The van der Waals surface area contributed by atoms with Gasteiger partial charge in [0.25, 0.3) is 0 Å². The minimum atomic E-state index is 0. The van der Waals surface area contributed by atoms with Gasteiger partial charge in [0.05, 0.1) is 13.2 Å². The summed E-state index contributed by atoms with van der Waals surface area (Å²) in [5, 5.41) is 0. The van der Waals surface area contributed by atoms with Crippen molar-refractivity contribution in [2.24, 2.45) is 0 Å². The highest BCUT2D eigenvalue weighted by atomic mass is 127. The van der Waals surface area contributed by atoms with E-state index >= 15 is 0 Å². The van der Waals surface area contributed by atoms with Gasteiger partial charge < -0.3 is 4.74 Å². The van der Waals surface area contributed by atoms with Crippen LogP contribution in [-0.2, 0) is 4.74 Å². The van der Waals surface area contributed by atoms with Crippen molar-refractivity contribution in [2.75, 3.05) is 32.8 Å². The van der Waals surface area contributed by atoms with E-state index in [1.54, 1.807) is 0 Å². The average Bonchev–Trinajstić information content (AvgIpc) is 2.11. The zero-order valence-electron chi connectivity index (χ0n) is 8.51. The molecule has 0 aromatic carbocycles. The first kappa shape index (κ1) is 15.1. The fraction of sp³-hybridized carbons (Fsp3) is 1.00. The molecule has 0 radical (unpaired) electrons. The van der Waals surface area contributed by atoms with Gasteiger partial charge in [-0.1, -0.05) is 20.8 Å². The first-order valence-corrected chi connectivity index (χ1v) is 4.73. The molecular formula is C9H22INO. The number of hydrogen-bond acceptors (Lipinski definition) is 2. The van der Waals surface area contributed by atoms with Gasteiger partial charge in [-0.3, -0.25) is 4.90 Å². The van der Waals surface area contributed by atoms with Gasteiger partial charge in [0.1, 0.15) is 0 Å². The van der Waals surface area contributed by atoms with Crippen molar-refractivity contribution >= 4 is 24.0 Å². The number of ether oxygens (including phenoxy) is 1. The first-order valence-electron chi connectivity index (χ1n) is 4.73. The second-order valence-electron chi connectivity index (χ2n) is 2.45. The molecule has 3 heteroatoms. The summed E-state index contributed by atoms with van der Waals surface area (Å²) in [5.74, 6) is 0. The third-order valence-corrected chi connectivity index (χ3v) is 1.64. The smallest absolute Gasteiger partial charge is 0.0594 e. The molecular weight excluding hydrogens is 265 g/mol. The Balaban J connectivity index is 0. The van der Waals surface area contributed by atoms with Crippen LogP contribution in [0.2, 0.25) is 0 Å². The second kappa shape index (κ2) is 11.6. The highest BCUT2D eigenvalue weighted by Crippen LogP contribution is 1.96. The summed E-state index contributed by atoms with van der Waals surface area (Å²) in [6.45, 7) is 11.6. The van der Waals surface area contributed by atoms with Gasteiger partial charge in [-0.15, -0.1) is 24.0 Å². The molecule has 1 rings (SSSR count). The summed E-state index contributed by atoms with van der Waals surface area (Å²) in [7, 11) is 0. The fourth-order valence-electron chi connectivity index (χ4n) is 1.14. The van der Waals surface area contributed by atoms with Crippen LogP contribution < -0.4 is 0 Å². The molecule has 1 saturated heterocycles. The molecule has 12 heavy (non-hydrogen) atoms. The zero-order chi connectivity index (χ0) is 8.53. The Morgan fingerprint density at radius 1 is 1.17 bits per heavy atom. The van der Waals surface area contributed by atoms with Crippen LogP contribution in [0.3, 0.4) is 0 Å². The summed E-state index contributed by atoms with van der Waals surface area (Å²) in [6, 6.07) is 0. The lowest BCUT2D eigenvalue weighted by molar-refractivity contribution is 0.0380. The van der Waals surface area contributed by atoms with Gasteiger partial charge in [0, 0.05) is 13.1 Å². The molecule has 0 atom stereocenters. The van der Waals surface area contributed by atoms with Crippen LogP contribution in [-0.4, -0.2) is 37.7 Å². The molecule has 0 bridgehead atoms.